The van der Waals surface area contributed by atoms with E-state index < -0.39 is 0 Å². The van der Waals surface area contributed by atoms with Gasteiger partial charge in [-0.15, -0.1) is 0 Å². The average Bonchev–Trinajstić information content (AvgIpc) is 2.57. The summed E-state index contributed by atoms with van der Waals surface area (Å²) in [7, 11) is 1.94. The molecule has 1 N–H and O–H groups in total. The monoisotopic (exact) mass is 237 g/mol. The van der Waals surface area contributed by atoms with Crippen molar-refractivity contribution >= 4 is 17.1 Å². The molecule has 0 unspecified atom stereocenters. The van der Waals surface area contributed by atoms with Gasteiger partial charge in [0.15, 0.2) is 5.15 Å². The third-order valence-corrected chi connectivity index (χ3v) is 2.86. The molecule has 0 atom stereocenters. The fourth-order valence-electron chi connectivity index (χ4n) is 1.83. The van der Waals surface area contributed by atoms with E-state index in [9.17, 15) is 0 Å². The van der Waals surface area contributed by atoms with E-state index in [2.05, 4.69) is 40.8 Å². The molecule has 0 saturated carbocycles. The van der Waals surface area contributed by atoms with E-state index >= 15 is 0 Å². The van der Waals surface area contributed by atoms with E-state index in [0.29, 0.717) is 11.1 Å². The third kappa shape index (κ3) is 1.93. The van der Waals surface area contributed by atoms with E-state index in [1.54, 1.807) is 0 Å². The highest BCUT2D eigenvalue weighted by molar-refractivity contribution is 6.32. The minimum atomic E-state index is 0.366. The lowest BCUT2D eigenvalue weighted by Crippen LogP contribution is -2.06. The SMILES string of the molecule is CNCc1ccc2c(Cl)nc(C(C)C)n2c1. The van der Waals surface area contributed by atoms with Crippen LogP contribution < -0.4 is 5.32 Å². The Hall–Kier alpha value is -1.06. The molecule has 0 fully saturated rings. The largest absolute Gasteiger partial charge is 0.316 e. The van der Waals surface area contributed by atoms with E-state index in [0.717, 1.165) is 17.9 Å². The van der Waals surface area contributed by atoms with Crippen LogP contribution in [0.2, 0.25) is 5.15 Å². The molecule has 0 spiro atoms. The highest BCUT2D eigenvalue weighted by Gasteiger charge is 2.12. The Morgan fingerprint density at radius 3 is 2.81 bits per heavy atom. The minimum Gasteiger partial charge on any atom is -0.316 e. The second kappa shape index (κ2) is 4.44. The first-order chi connectivity index (χ1) is 7.63. The van der Waals surface area contributed by atoms with Crippen molar-refractivity contribution in [3.8, 4) is 0 Å². The molecule has 0 bridgehead atoms. The minimum absolute atomic E-state index is 0.366. The predicted molar refractivity (Wildman–Crippen MR) is 67.1 cm³/mol. The summed E-state index contributed by atoms with van der Waals surface area (Å²) in [5, 5.41) is 3.72. The Balaban J connectivity index is 2.60. The molecule has 2 aromatic rings. The first-order valence-corrected chi connectivity index (χ1v) is 5.82. The molecular weight excluding hydrogens is 222 g/mol. The van der Waals surface area contributed by atoms with Gasteiger partial charge in [-0.3, -0.25) is 0 Å². The number of imidazole rings is 1. The standard InChI is InChI=1S/C12H16ClN3/c1-8(2)12-15-11(13)10-5-4-9(6-14-3)7-16(10)12/h4-5,7-8,14H,6H2,1-3H3. The summed E-state index contributed by atoms with van der Waals surface area (Å²) < 4.78 is 2.08. The number of nitrogens with one attached hydrogen (secondary N) is 1. The van der Waals surface area contributed by atoms with Crippen LogP contribution in [0.5, 0.6) is 0 Å². The summed E-state index contributed by atoms with van der Waals surface area (Å²) in [6.45, 7) is 5.09. The fraction of sp³-hybridized carbons (Fsp3) is 0.417. The molecular formula is C12H16ClN3. The van der Waals surface area contributed by atoms with Crippen molar-refractivity contribution in [3.05, 3.63) is 34.9 Å². The molecule has 2 heterocycles. The first-order valence-electron chi connectivity index (χ1n) is 5.44. The van der Waals surface area contributed by atoms with E-state index in [1.807, 2.05) is 13.1 Å². The van der Waals surface area contributed by atoms with E-state index in [4.69, 9.17) is 11.6 Å². The number of hydrogen-bond acceptors (Lipinski definition) is 2. The normalized spacial score (nSPS) is 11.6. The number of halogens is 1. The van der Waals surface area contributed by atoms with Gasteiger partial charge >= 0.3 is 0 Å². The lowest BCUT2D eigenvalue weighted by Gasteiger charge is -2.06. The van der Waals surface area contributed by atoms with Gasteiger partial charge in [0.1, 0.15) is 5.82 Å². The quantitative estimate of drug-likeness (QED) is 0.890. The summed E-state index contributed by atoms with van der Waals surface area (Å²) in [4.78, 5) is 4.40. The topological polar surface area (TPSA) is 29.3 Å². The van der Waals surface area contributed by atoms with Crippen LogP contribution in [0, 0.1) is 0 Å². The maximum atomic E-state index is 6.10. The Morgan fingerprint density at radius 1 is 1.44 bits per heavy atom. The van der Waals surface area contributed by atoms with Crippen LogP contribution in [0.15, 0.2) is 18.3 Å². The zero-order valence-corrected chi connectivity index (χ0v) is 10.5. The molecule has 0 amide bonds. The molecule has 3 nitrogen and oxygen atoms in total. The second-order valence-electron chi connectivity index (χ2n) is 4.24. The van der Waals surface area contributed by atoms with Crippen molar-refractivity contribution in [1.29, 1.82) is 0 Å². The van der Waals surface area contributed by atoms with Crippen LogP contribution in [0.25, 0.3) is 5.52 Å². The first kappa shape index (κ1) is 11.4. The van der Waals surface area contributed by atoms with E-state index in [-0.39, 0.29) is 0 Å². The summed E-state index contributed by atoms with van der Waals surface area (Å²) in [6, 6.07) is 4.09. The van der Waals surface area contributed by atoms with Gasteiger partial charge in [-0.05, 0) is 18.7 Å². The van der Waals surface area contributed by atoms with Crippen molar-refractivity contribution in [2.45, 2.75) is 26.3 Å². The number of fused-ring (bicyclic) bond motifs is 1. The Bertz CT molecular complexity index is 502. The summed E-state index contributed by atoms with van der Waals surface area (Å²) in [5.41, 5.74) is 2.20. The lowest BCUT2D eigenvalue weighted by molar-refractivity contribution is 0.760. The average molecular weight is 238 g/mol. The van der Waals surface area contributed by atoms with Crippen LogP contribution in [0.1, 0.15) is 31.2 Å². The molecule has 0 aliphatic rings. The van der Waals surface area contributed by atoms with Crippen molar-refractivity contribution < 1.29 is 0 Å². The smallest absolute Gasteiger partial charge is 0.155 e. The number of pyridine rings is 1. The van der Waals surface area contributed by atoms with Gasteiger partial charge in [-0.2, -0.15) is 0 Å². The molecule has 16 heavy (non-hydrogen) atoms. The Morgan fingerprint density at radius 2 is 2.19 bits per heavy atom. The Kier molecular flexibility index (Phi) is 3.17. The van der Waals surface area contributed by atoms with Crippen LogP contribution in [-0.4, -0.2) is 16.4 Å². The molecule has 0 aliphatic carbocycles. The molecule has 0 aromatic carbocycles. The molecule has 86 valence electrons. The maximum absolute atomic E-state index is 6.10. The molecule has 4 heteroatoms. The number of nitrogens with zero attached hydrogens (tertiary/aromatic N) is 2. The summed E-state index contributed by atoms with van der Waals surface area (Å²) in [5.74, 6) is 1.38. The summed E-state index contributed by atoms with van der Waals surface area (Å²) in [6.07, 6.45) is 2.10. The van der Waals surface area contributed by atoms with Crippen LogP contribution in [0.4, 0.5) is 0 Å². The van der Waals surface area contributed by atoms with Crippen molar-refractivity contribution in [3.63, 3.8) is 0 Å². The summed E-state index contributed by atoms with van der Waals surface area (Å²) >= 11 is 6.10. The van der Waals surface area contributed by atoms with Crippen molar-refractivity contribution in [1.82, 2.24) is 14.7 Å². The van der Waals surface area contributed by atoms with Crippen molar-refractivity contribution in [2.75, 3.05) is 7.05 Å². The molecule has 0 saturated heterocycles. The van der Waals surface area contributed by atoms with E-state index in [1.165, 1.54) is 5.56 Å². The molecule has 0 radical (unpaired) electrons. The van der Waals surface area contributed by atoms with Gasteiger partial charge in [-0.1, -0.05) is 31.5 Å². The fourth-order valence-corrected chi connectivity index (χ4v) is 2.07. The third-order valence-electron chi connectivity index (χ3n) is 2.58. The zero-order valence-electron chi connectivity index (χ0n) is 9.79. The molecule has 0 aliphatic heterocycles. The van der Waals surface area contributed by atoms with Crippen LogP contribution >= 0.6 is 11.6 Å². The molecule has 2 rings (SSSR count). The Labute approximate surface area is 100 Å². The van der Waals surface area contributed by atoms with Crippen LogP contribution in [-0.2, 0) is 6.54 Å². The van der Waals surface area contributed by atoms with Gasteiger partial charge in [-0.25, -0.2) is 4.98 Å². The van der Waals surface area contributed by atoms with Gasteiger partial charge in [0.2, 0.25) is 0 Å². The highest BCUT2D eigenvalue weighted by Crippen LogP contribution is 2.23. The zero-order chi connectivity index (χ0) is 11.7. The predicted octanol–water partition coefficient (Wildman–Crippen LogP) is 2.83. The van der Waals surface area contributed by atoms with Gasteiger partial charge < -0.3 is 9.72 Å². The van der Waals surface area contributed by atoms with Crippen molar-refractivity contribution in [2.24, 2.45) is 0 Å². The molecule has 2 aromatic heterocycles. The van der Waals surface area contributed by atoms with Gasteiger partial charge in [0, 0.05) is 18.7 Å². The van der Waals surface area contributed by atoms with Gasteiger partial charge in [0.05, 0.1) is 5.52 Å². The highest BCUT2D eigenvalue weighted by atomic mass is 35.5. The maximum Gasteiger partial charge on any atom is 0.155 e. The number of aromatic nitrogens is 2. The second-order valence-corrected chi connectivity index (χ2v) is 4.60. The number of rotatable bonds is 3. The van der Waals surface area contributed by atoms with Crippen LogP contribution in [0.3, 0.4) is 0 Å². The number of hydrogen-bond donors (Lipinski definition) is 1. The lowest BCUT2D eigenvalue weighted by atomic mass is 10.2. The van der Waals surface area contributed by atoms with Gasteiger partial charge in [0.25, 0.3) is 0 Å².